The summed E-state index contributed by atoms with van der Waals surface area (Å²) in [5.41, 5.74) is 0.878. The summed E-state index contributed by atoms with van der Waals surface area (Å²) in [6, 6.07) is 4.04. The average molecular weight is 384 g/mol. The molecule has 1 saturated carbocycles. The van der Waals surface area contributed by atoms with E-state index in [-0.39, 0.29) is 11.2 Å². The molecule has 0 bridgehead atoms. The summed E-state index contributed by atoms with van der Waals surface area (Å²) in [4.78, 5) is 5.14. The number of thiocarbonyl (C=S) groups is 1. The largest absolute Gasteiger partial charge is 0.382 e. The van der Waals surface area contributed by atoms with Crippen LogP contribution in [-0.2, 0) is 15.4 Å². The summed E-state index contributed by atoms with van der Waals surface area (Å²) in [7, 11) is -1.30. The minimum atomic E-state index is -3.17. The lowest BCUT2D eigenvalue weighted by atomic mass is 9.61. The molecule has 2 atom stereocenters. The zero-order valence-corrected chi connectivity index (χ0v) is 16.8. The predicted molar refractivity (Wildman–Crippen MR) is 106 cm³/mol. The second-order valence-electron chi connectivity index (χ2n) is 6.74. The molecule has 0 amide bonds. The van der Waals surface area contributed by atoms with Gasteiger partial charge in [0.15, 0.2) is 0 Å². The molecule has 0 saturated heterocycles. The molecule has 7 heteroatoms. The van der Waals surface area contributed by atoms with Crippen LogP contribution in [0.1, 0.15) is 51.0 Å². The molecule has 1 aliphatic carbocycles. The Bertz CT molecular complexity index is 664. The molecule has 0 radical (unpaired) electrons. The van der Waals surface area contributed by atoms with E-state index in [1.807, 2.05) is 26.2 Å². The number of sulfonamides is 1. The van der Waals surface area contributed by atoms with Crippen molar-refractivity contribution in [2.45, 2.75) is 50.9 Å². The van der Waals surface area contributed by atoms with E-state index in [0.29, 0.717) is 18.9 Å². The fourth-order valence-corrected chi connectivity index (χ4v) is 5.52. The van der Waals surface area contributed by atoms with Gasteiger partial charge < -0.3 is 5.32 Å². The number of pyridine rings is 1. The normalized spacial score (nSPS) is 24.0. The van der Waals surface area contributed by atoms with Crippen LogP contribution in [-0.4, -0.2) is 37.7 Å². The summed E-state index contributed by atoms with van der Waals surface area (Å²) in [5, 5.41) is 3.20. The van der Waals surface area contributed by atoms with Gasteiger partial charge in [0, 0.05) is 31.4 Å². The maximum Gasteiger partial charge on any atom is 0.211 e. The topological polar surface area (TPSA) is 71.1 Å². The fraction of sp³-hybridized carbons (Fsp3) is 0.667. The number of rotatable bonds is 8. The van der Waals surface area contributed by atoms with Crippen LogP contribution in [0.15, 0.2) is 24.5 Å². The van der Waals surface area contributed by atoms with Gasteiger partial charge in [0.05, 0.1) is 10.7 Å². The lowest BCUT2D eigenvalue weighted by molar-refractivity contribution is 0.239. The van der Waals surface area contributed by atoms with Crippen LogP contribution in [0.3, 0.4) is 0 Å². The monoisotopic (exact) mass is 383 g/mol. The van der Waals surface area contributed by atoms with Gasteiger partial charge in [-0.3, -0.25) is 4.98 Å². The molecule has 2 N–H and O–H groups in total. The van der Waals surface area contributed by atoms with E-state index in [0.717, 1.165) is 42.7 Å². The van der Waals surface area contributed by atoms with Crippen molar-refractivity contribution in [2.24, 2.45) is 5.92 Å². The van der Waals surface area contributed by atoms with Gasteiger partial charge in [-0.15, -0.1) is 0 Å². The average Bonchev–Trinajstić information content (AvgIpc) is 2.62. The summed E-state index contributed by atoms with van der Waals surface area (Å²) < 4.78 is 26.6. The zero-order valence-electron chi connectivity index (χ0n) is 15.1. The molecular weight excluding hydrogens is 354 g/mol. The molecule has 0 aliphatic heterocycles. The Balaban J connectivity index is 2.22. The Kier molecular flexibility index (Phi) is 7.34. The Morgan fingerprint density at radius 2 is 2.24 bits per heavy atom. The second kappa shape index (κ2) is 9.05. The Hall–Kier alpha value is -1.05. The lowest BCUT2D eigenvalue weighted by Crippen LogP contribution is -2.50. The minimum Gasteiger partial charge on any atom is -0.382 e. The molecule has 1 aromatic heterocycles. The van der Waals surface area contributed by atoms with Crippen LogP contribution in [0.2, 0.25) is 0 Å². The van der Waals surface area contributed by atoms with Gasteiger partial charge in [-0.25, -0.2) is 13.1 Å². The van der Waals surface area contributed by atoms with Gasteiger partial charge in [0.25, 0.3) is 0 Å². The first-order valence-corrected chi connectivity index (χ1v) is 11.1. The van der Waals surface area contributed by atoms with Crippen molar-refractivity contribution in [3.8, 4) is 0 Å². The molecule has 2 rings (SSSR count). The van der Waals surface area contributed by atoms with Gasteiger partial charge >= 0.3 is 0 Å². The van der Waals surface area contributed by atoms with Gasteiger partial charge in [0.2, 0.25) is 10.0 Å². The van der Waals surface area contributed by atoms with Crippen molar-refractivity contribution < 1.29 is 8.42 Å². The van der Waals surface area contributed by atoms with E-state index in [4.69, 9.17) is 12.2 Å². The molecular formula is C18H29N3O2S2. The third kappa shape index (κ3) is 4.77. The highest BCUT2D eigenvalue weighted by molar-refractivity contribution is 7.89. The van der Waals surface area contributed by atoms with Crippen LogP contribution < -0.4 is 10.0 Å². The molecule has 2 unspecified atom stereocenters. The van der Waals surface area contributed by atoms with Crippen LogP contribution in [0.4, 0.5) is 0 Å². The van der Waals surface area contributed by atoms with Gasteiger partial charge in [-0.2, -0.15) is 0 Å². The summed E-state index contributed by atoms with van der Waals surface area (Å²) in [6.07, 6.45) is 9.38. The van der Waals surface area contributed by atoms with E-state index < -0.39 is 10.0 Å². The smallest absolute Gasteiger partial charge is 0.211 e. The Morgan fingerprint density at radius 3 is 2.88 bits per heavy atom. The first kappa shape index (κ1) is 20.3. The number of nitrogens with zero attached hydrogens (tertiary/aromatic N) is 1. The minimum absolute atomic E-state index is 0.181. The van der Waals surface area contributed by atoms with Crippen LogP contribution in [0.25, 0.3) is 0 Å². The standard InChI is InChI=1S/C18H29N3O2S2/c1-3-13-25(22,23)21-12-9-15-7-4-5-10-18(15,17(24)19-2)16-8-6-11-20-14-16/h6,8,11,14-15,21H,3-5,7,9-10,12-13H2,1-2H3,(H,19,24). The fourth-order valence-electron chi connectivity index (χ4n) is 4.03. The van der Waals surface area contributed by atoms with Crippen molar-refractivity contribution in [3.05, 3.63) is 30.1 Å². The summed E-state index contributed by atoms with van der Waals surface area (Å²) in [6.45, 7) is 2.33. The lowest BCUT2D eigenvalue weighted by Gasteiger charge is -2.45. The van der Waals surface area contributed by atoms with Crippen molar-refractivity contribution in [3.63, 3.8) is 0 Å². The van der Waals surface area contributed by atoms with Crippen molar-refractivity contribution in [1.29, 1.82) is 0 Å². The zero-order chi connectivity index (χ0) is 18.3. The van der Waals surface area contributed by atoms with E-state index in [2.05, 4.69) is 21.1 Å². The second-order valence-corrected chi connectivity index (χ2v) is 9.07. The van der Waals surface area contributed by atoms with E-state index in [9.17, 15) is 8.42 Å². The highest BCUT2D eigenvalue weighted by Crippen LogP contribution is 2.46. The summed E-state index contributed by atoms with van der Waals surface area (Å²) in [5.74, 6) is 0.482. The molecule has 0 spiro atoms. The van der Waals surface area contributed by atoms with Crippen molar-refractivity contribution in [2.75, 3.05) is 19.3 Å². The maximum atomic E-state index is 11.9. The van der Waals surface area contributed by atoms with E-state index >= 15 is 0 Å². The van der Waals surface area contributed by atoms with Crippen molar-refractivity contribution in [1.82, 2.24) is 15.0 Å². The van der Waals surface area contributed by atoms with Gasteiger partial charge in [-0.05, 0) is 43.2 Å². The van der Waals surface area contributed by atoms with Crippen molar-refractivity contribution >= 4 is 27.2 Å². The molecule has 1 aliphatic rings. The SMILES string of the molecule is CCCS(=O)(=O)NCCC1CCCCC1(C(=S)NC)c1cccnc1. The molecule has 0 aromatic carbocycles. The molecule has 1 heterocycles. The number of hydrogen-bond acceptors (Lipinski definition) is 4. The van der Waals surface area contributed by atoms with Crippen LogP contribution >= 0.6 is 12.2 Å². The number of nitrogens with one attached hydrogen (secondary N) is 2. The Labute approximate surface area is 157 Å². The van der Waals surface area contributed by atoms with Crippen LogP contribution in [0, 0.1) is 5.92 Å². The maximum absolute atomic E-state index is 11.9. The molecule has 140 valence electrons. The van der Waals surface area contributed by atoms with E-state index in [1.165, 1.54) is 0 Å². The number of aromatic nitrogens is 1. The third-order valence-corrected chi connectivity index (χ3v) is 7.33. The molecule has 1 aromatic rings. The first-order valence-electron chi connectivity index (χ1n) is 9.06. The predicted octanol–water partition coefficient (Wildman–Crippen LogP) is 2.78. The molecule has 1 fully saturated rings. The van der Waals surface area contributed by atoms with Crippen LogP contribution in [0.5, 0.6) is 0 Å². The summed E-state index contributed by atoms with van der Waals surface area (Å²) >= 11 is 5.73. The number of hydrogen-bond donors (Lipinski definition) is 2. The quantitative estimate of drug-likeness (QED) is 0.676. The Morgan fingerprint density at radius 1 is 1.44 bits per heavy atom. The first-order chi connectivity index (χ1) is 12.0. The number of likely N-dealkylation sites (N-methyl/N-ethyl adjacent to an activating group) is 1. The molecule has 5 nitrogen and oxygen atoms in total. The van der Waals surface area contributed by atoms with Gasteiger partial charge in [0.1, 0.15) is 0 Å². The molecule has 25 heavy (non-hydrogen) atoms. The van der Waals surface area contributed by atoms with Gasteiger partial charge in [-0.1, -0.05) is 38.0 Å². The third-order valence-electron chi connectivity index (χ3n) is 5.17. The highest BCUT2D eigenvalue weighted by atomic mass is 32.2. The highest BCUT2D eigenvalue weighted by Gasteiger charge is 2.45. The van der Waals surface area contributed by atoms with E-state index in [1.54, 1.807) is 6.20 Å².